The Morgan fingerprint density at radius 1 is 1.15 bits per heavy atom. The number of benzene rings is 1. The van der Waals surface area contributed by atoms with Crippen LogP contribution in [0.5, 0.6) is 0 Å². The van der Waals surface area contributed by atoms with E-state index in [4.69, 9.17) is 4.42 Å². The van der Waals surface area contributed by atoms with Crippen molar-refractivity contribution in [2.24, 2.45) is 0 Å². The highest BCUT2D eigenvalue weighted by molar-refractivity contribution is 5.90. The van der Waals surface area contributed by atoms with Gasteiger partial charge >= 0.3 is 0 Å². The molecular weight excluding hydrogens is 346 g/mol. The zero-order valence-corrected chi connectivity index (χ0v) is 15.1. The van der Waals surface area contributed by atoms with Gasteiger partial charge in [0.15, 0.2) is 0 Å². The van der Waals surface area contributed by atoms with Gasteiger partial charge in [-0.1, -0.05) is 18.2 Å². The first-order valence-corrected chi connectivity index (χ1v) is 8.35. The van der Waals surface area contributed by atoms with Crippen molar-refractivity contribution in [1.82, 2.24) is 34.7 Å². The number of aromatic nitrogens is 6. The van der Waals surface area contributed by atoms with E-state index in [2.05, 4.69) is 25.3 Å². The summed E-state index contributed by atoms with van der Waals surface area (Å²) in [5, 5.41) is 12.3. The summed E-state index contributed by atoms with van der Waals surface area (Å²) in [6.07, 6.45) is 0. The average molecular weight is 363 g/mol. The first kappa shape index (κ1) is 16.8. The van der Waals surface area contributed by atoms with Crippen molar-refractivity contribution >= 4 is 11.7 Å². The van der Waals surface area contributed by atoms with Crippen LogP contribution >= 0.6 is 0 Å². The van der Waals surface area contributed by atoms with E-state index in [1.54, 1.807) is 11.6 Å². The lowest BCUT2D eigenvalue weighted by Crippen LogP contribution is -2.27. The summed E-state index contributed by atoms with van der Waals surface area (Å²) in [4.78, 5) is 22.6. The van der Waals surface area contributed by atoms with Crippen molar-refractivity contribution in [3.8, 4) is 11.5 Å². The van der Waals surface area contributed by atoms with Crippen LogP contribution in [-0.4, -0.2) is 47.6 Å². The van der Waals surface area contributed by atoms with Crippen LogP contribution in [0.3, 0.4) is 0 Å². The van der Waals surface area contributed by atoms with Gasteiger partial charge in [0.25, 0.3) is 11.7 Å². The minimum Gasteiger partial charge on any atom is -0.419 e. The van der Waals surface area contributed by atoms with Gasteiger partial charge in [-0.25, -0.2) is 9.50 Å². The van der Waals surface area contributed by atoms with Crippen LogP contribution in [0.2, 0.25) is 0 Å². The number of aryl methyl sites for hydroxylation is 2. The maximum absolute atomic E-state index is 12.7. The fourth-order valence-electron chi connectivity index (χ4n) is 2.72. The Morgan fingerprint density at radius 3 is 2.70 bits per heavy atom. The average Bonchev–Trinajstić information content (AvgIpc) is 3.29. The monoisotopic (exact) mass is 363 g/mol. The molecule has 3 heterocycles. The van der Waals surface area contributed by atoms with Crippen molar-refractivity contribution < 1.29 is 9.21 Å². The predicted octanol–water partition coefficient (Wildman–Crippen LogP) is 2.06. The van der Waals surface area contributed by atoms with Gasteiger partial charge in [-0.2, -0.15) is 4.98 Å². The molecule has 0 unspecified atom stereocenters. The second kappa shape index (κ2) is 6.60. The van der Waals surface area contributed by atoms with Gasteiger partial charge in [0.1, 0.15) is 0 Å². The summed E-state index contributed by atoms with van der Waals surface area (Å²) in [6.45, 7) is 3.91. The lowest BCUT2D eigenvalue weighted by Gasteiger charge is -2.11. The Kier molecular flexibility index (Phi) is 4.11. The van der Waals surface area contributed by atoms with Crippen molar-refractivity contribution in [3.63, 3.8) is 0 Å². The van der Waals surface area contributed by atoms with E-state index >= 15 is 0 Å². The highest BCUT2D eigenvalue weighted by Crippen LogP contribution is 2.17. The predicted molar refractivity (Wildman–Crippen MR) is 95.8 cm³/mol. The first-order valence-electron chi connectivity index (χ1n) is 8.35. The molecule has 0 saturated carbocycles. The molecule has 136 valence electrons. The highest BCUT2D eigenvalue weighted by Gasteiger charge is 2.21. The molecule has 3 aromatic heterocycles. The van der Waals surface area contributed by atoms with E-state index in [0.717, 1.165) is 17.0 Å². The number of hydrogen-bond donors (Lipinski definition) is 0. The van der Waals surface area contributed by atoms with E-state index in [9.17, 15) is 4.79 Å². The quantitative estimate of drug-likeness (QED) is 0.547. The van der Waals surface area contributed by atoms with Crippen LogP contribution in [0.1, 0.15) is 27.9 Å². The van der Waals surface area contributed by atoms with Crippen molar-refractivity contribution in [2.75, 3.05) is 7.05 Å². The maximum atomic E-state index is 12.7. The minimum absolute atomic E-state index is 0.0708. The fourth-order valence-corrected chi connectivity index (χ4v) is 2.72. The van der Waals surface area contributed by atoms with E-state index in [1.165, 1.54) is 4.90 Å². The molecule has 0 aliphatic heterocycles. The topological polar surface area (TPSA) is 102 Å². The molecule has 0 bridgehead atoms. The smallest absolute Gasteiger partial charge is 0.293 e. The third kappa shape index (κ3) is 3.26. The van der Waals surface area contributed by atoms with Gasteiger partial charge in [0, 0.05) is 24.0 Å². The van der Waals surface area contributed by atoms with Crippen molar-refractivity contribution in [1.29, 1.82) is 0 Å². The highest BCUT2D eigenvalue weighted by atomic mass is 16.4. The summed E-state index contributed by atoms with van der Waals surface area (Å²) in [6, 6.07) is 11.3. The van der Waals surface area contributed by atoms with Crippen LogP contribution in [0.15, 0.2) is 40.8 Å². The van der Waals surface area contributed by atoms with Crippen LogP contribution in [0, 0.1) is 13.8 Å². The summed E-state index contributed by atoms with van der Waals surface area (Å²) in [5.74, 6) is 0.859. The molecule has 27 heavy (non-hydrogen) atoms. The molecule has 0 aliphatic rings. The van der Waals surface area contributed by atoms with Crippen LogP contribution in [-0.2, 0) is 6.54 Å². The fraction of sp³-hybridized carbons (Fsp3) is 0.222. The normalized spacial score (nSPS) is 11.1. The first-order chi connectivity index (χ1) is 13.0. The van der Waals surface area contributed by atoms with Gasteiger partial charge in [0.2, 0.25) is 17.6 Å². The van der Waals surface area contributed by atoms with Crippen LogP contribution in [0.25, 0.3) is 17.2 Å². The minimum atomic E-state index is -0.350. The van der Waals surface area contributed by atoms with Crippen LogP contribution < -0.4 is 0 Å². The Hall–Kier alpha value is -3.62. The molecule has 4 rings (SSSR count). The molecule has 0 radical (unpaired) electrons. The van der Waals surface area contributed by atoms with Crippen LogP contribution in [0.4, 0.5) is 0 Å². The molecule has 0 saturated heterocycles. The molecule has 9 heteroatoms. The second-order valence-corrected chi connectivity index (χ2v) is 6.21. The third-order valence-electron chi connectivity index (χ3n) is 4.02. The molecule has 9 nitrogen and oxygen atoms in total. The molecule has 0 aliphatic carbocycles. The molecule has 4 aromatic rings. The Bertz CT molecular complexity index is 1120. The Morgan fingerprint density at radius 2 is 1.93 bits per heavy atom. The molecule has 1 aromatic carbocycles. The van der Waals surface area contributed by atoms with E-state index in [-0.39, 0.29) is 18.3 Å². The number of nitrogens with zero attached hydrogens (tertiary/aromatic N) is 7. The molecule has 0 atom stereocenters. The lowest BCUT2D eigenvalue weighted by atomic mass is 10.2. The standard InChI is InChI=1S/C18H17N7O2/c1-11-9-12(2)25-18(19-11)20-15(23-25)17(26)24(3)10-14-21-22-16(27-14)13-7-5-4-6-8-13/h4-9H,10H2,1-3H3. The molecular formula is C18H17N7O2. The molecule has 0 spiro atoms. The number of carbonyl (C=O) groups excluding carboxylic acids is 1. The molecule has 0 N–H and O–H groups in total. The van der Waals surface area contributed by atoms with E-state index in [0.29, 0.717) is 17.6 Å². The zero-order valence-electron chi connectivity index (χ0n) is 15.1. The van der Waals surface area contributed by atoms with Gasteiger partial charge in [-0.3, -0.25) is 4.79 Å². The van der Waals surface area contributed by atoms with Crippen molar-refractivity contribution in [2.45, 2.75) is 20.4 Å². The van der Waals surface area contributed by atoms with E-state index in [1.807, 2.05) is 50.2 Å². The van der Waals surface area contributed by atoms with Gasteiger partial charge in [-0.15, -0.1) is 15.3 Å². The maximum Gasteiger partial charge on any atom is 0.293 e. The number of rotatable bonds is 4. The SMILES string of the molecule is Cc1cc(C)n2nc(C(=O)N(C)Cc3nnc(-c4ccccc4)o3)nc2n1. The number of carbonyl (C=O) groups is 1. The van der Waals surface area contributed by atoms with Gasteiger partial charge in [-0.05, 0) is 32.0 Å². The van der Waals surface area contributed by atoms with Gasteiger partial charge < -0.3 is 9.32 Å². The lowest BCUT2D eigenvalue weighted by molar-refractivity contribution is 0.0761. The Balaban J connectivity index is 1.53. The largest absolute Gasteiger partial charge is 0.419 e. The number of fused-ring (bicyclic) bond motifs is 1. The van der Waals surface area contributed by atoms with E-state index < -0.39 is 0 Å². The summed E-state index contributed by atoms with van der Waals surface area (Å²) in [5.41, 5.74) is 2.50. The zero-order chi connectivity index (χ0) is 19.0. The number of amides is 1. The van der Waals surface area contributed by atoms with Crippen molar-refractivity contribution in [3.05, 3.63) is 59.5 Å². The summed E-state index contributed by atoms with van der Waals surface area (Å²) >= 11 is 0. The Labute approximate surface area is 154 Å². The van der Waals surface area contributed by atoms with Gasteiger partial charge in [0.05, 0.1) is 6.54 Å². The summed E-state index contributed by atoms with van der Waals surface area (Å²) < 4.78 is 7.20. The molecule has 0 fully saturated rings. The molecule has 1 amide bonds. The second-order valence-electron chi connectivity index (χ2n) is 6.21. The third-order valence-corrected chi connectivity index (χ3v) is 4.02. The number of hydrogen-bond acceptors (Lipinski definition) is 7. The summed E-state index contributed by atoms with van der Waals surface area (Å²) in [7, 11) is 1.63.